The van der Waals surface area contributed by atoms with Crippen molar-refractivity contribution >= 4 is 29.3 Å². The van der Waals surface area contributed by atoms with Crippen molar-refractivity contribution in [2.45, 2.75) is 32.2 Å². The standard InChI is InChI=1S/C26H27N3O4/c1-17(18-9-3-2-4-10-18)27-24(31)21-13-7-8-14-22(21)28-23(30)15-16-29-25(32)19-11-5-6-12-20(19)26(29)33/h2-10,13-14,17,19-20H,11-12,15-16H2,1H3,(H,27,31)(H,28,30)/t17-,19+,20+/m0/s1. The first kappa shape index (κ1) is 22.5. The molecule has 1 aliphatic heterocycles. The number of nitrogens with one attached hydrogen (secondary N) is 2. The maximum absolute atomic E-state index is 12.9. The number of fused-ring (bicyclic) bond motifs is 1. The Hall–Kier alpha value is -3.74. The molecule has 1 saturated heterocycles. The molecular weight excluding hydrogens is 418 g/mol. The van der Waals surface area contributed by atoms with Crippen LogP contribution in [0.5, 0.6) is 0 Å². The van der Waals surface area contributed by atoms with Gasteiger partial charge in [-0.2, -0.15) is 0 Å². The van der Waals surface area contributed by atoms with E-state index in [4.69, 9.17) is 0 Å². The number of amides is 4. The molecule has 1 aliphatic carbocycles. The zero-order chi connectivity index (χ0) is 23.4. The van der Waals surface area contributed by atoms with E-state index < -0.39 is 0 Å². The fraction of sp³-hybridized carbons (Fsp3) is 0.308. The number of nitrogens with zero attached hydrogens (tertiary/aromatic N) is 1. The van der Waals surface area contributed by atoms with E-state index in [1.807, 2.05) is 49.4 Å². The number of allylic oxidation sites excluding steroid dienone is 2. The Bertz CT molecular complexity index is 1070. The van der Waals surface area contributed by atoms with Gasteiger partial charge in [-0.25, -0.2) is 0 Å². The smallest absolute Gasteiger partial charge is 0.253 e. The summed E-state index contributed by atoms with van der Waals surface area (Å²) in [5.41, 5.74) is 1.71. The van der Waals surface area contributed by atoms with Crippen LogP contribution < -0.4 is 10.6 Å². The summed E-state index contributed by atoms with van der Waals surface area (Å²) in [6.07, 6.45) is 4.98. The third-order valence-corrected chi connectivity index (χ3v) is 6.25. The third-order valence-electron chi connectivity index (χ3n) is 6.25. The minimum absolute atomic E-state index is 0.0271. The third kappa shape index (κ3) is 4.87. The molecule has 0 unspecified atom stereocenters. The van der Waals surface area contributed by atoms with Crippen LogP contribution in [0.4, 0.5) is 5.69 Å². The Labute approximate surface area is 192 Å². The van der Waals surface area contributed by atoms with Gasteiger partial charge in [-0.15, -0.1) is 0 Å². The first-order valence-electron chi connectivity index (χ1n) is 11.2. The van der Waals surface area contributed by atoms with Gasteiger partial charge in [-0.05, 0) is 37.5 Å². The van der Waals surface area contributed by atoms with E-state index in [0.29, 0.717) is 24.1 Å². The highest BCUT2D eigenvalue weighted by Gasteiger charge is 2.46. The van der Waals surface area contributed by atoms with Crippen molar-refractivity contribution < 1.29 is 19.2 Å². The Morgan fingerprint density at radius 1 is 0.939 bits per heavy atom. The number of para-hydroxylation sites is 1. The second-order valence-corrected chi connectivity index (χ2v) is 8.43. The van der Waals surface area contributed by atoms with Crippen LogP contribution in [0, 0.1) is 11.8 Å². The predicted octanol–water partition coefficient (Wildman–Crippen LogP) is 3.46. The van der Waals surface area contributed by atoms with E-state index in [0.717, 1.165) is 5.56 Å². The Morgan fingerprint density at radius 2 is 1.55 bits per heavy atom. The number of hydrogen-bond acceptors (Lipinski definition) is 4. The molecule has 0 saturated carbocycles. The van der Waals surface area contributed by atoms with Crippen LogP contribution in [-0.2, 0) is 14.4 Å². The molecular formula is C26H27N3O4. The number of likely N-dealkylation sites (tertiary alicyclic amines) is 1. The normalized spacial score (nSPS) is 20.3. The fourth-order valence-corrected chi connectivity index (χ4v) is 4.40. The molecule has 7 heteroatoms. The minimum Gasteiger partial charge on any atom is -0.345 e. The highest BCUT2D eigenvalue weighted by molar-refractivity contribution is 6.06. The molecule has 4 amide bonds. The molecule has 0 bridgehead atoms. The van der Waals surface area contributed by atoms with Gasteiger partial charge in [-0.1, -0.05) is 54.6 Å². The van der Waals surface area contributed by atoms with Crippen LogP contribution in [-0.4, -0.2) is 35.1 Å². The van der Waals surface area contributed by atoms with Crippen LogP contribution in [0.25, 0.3) is 0 Å². The Morgan fingerprint density at radius 3 is 2.21 bits per heavy atom. The van der Waals surface area contributed by atoms with E-state index >= 15 is 0 Å². The van der Waals surface area contributed by atoms with Crippen molar-refractivity contribution in [1.29, 1.82) is 0 Å². The second kappa shape index (κ2) is 9.81. The second-order valence-electron chi connectivity index (χ2n) is 8.43. The van der Waals surface area contributed by atoms with Crippen LogP contribution >= 0.6 is 0 Å². The van der Waals surface area contributed by atoms with Gasteiger partial charge in [0.2, 0.25) is 17.7 Å². The molecule has 0 aromatic heterocycles. The number of carbonyl (C=O) groups is 4. The number of carbonyl (C=O) groups excluding carboxylic acids is 4. The first-order valence-corrected chi connectivity index (χ1v) is 11.2. The van der Waals surface area contributed by atoms with Gasteiger partial charge in [0.1, 0.15) is 0 Å². The summed E-state index contributed by atoms with van der Waals surface area (Å²) in [5.74, 6) is -1.67. The number of benzene rings is 2. The highest BCUT2D eigenvalue weighted by Crippen LogP contribution is 2.35. The van der Waals surface area contributed by atoms with Crippen LogP contribution in [0.15, 0.2) is 66.7 Å². The predicted molar refractivity (Wildman–Crippen MR) is 124 cm³/mol. The monoisotopic (exact) mass is 445 g/mol. The summed E-state index contributed by atoms with van der Waals surface area (Å²) in [5, 5.41) is 5.71. The van der Waals surface area contributed by atoms with Crippen molar-refractivity contribution in [2.24, 2.45) is 11.8 Å². The van der Waals surface area contributed by atoms with Crippen LogP contribution in [0.3, 0.4) is 0 Å². The summed E-state index contributed by atoms with van der Waals surface area (Å²) >= 11 is 0. The van der Waals surface area contributed by atoms with Crippen molar-refractivity contribution in [3.05, 3.63) is 77.9 Å². The molecule has 4 rings (SSSR count). The topological polar surface area (TPSA) is 95.6 Å². The van der Waals surface area contributed by atoms with E-state index in [9.17, 15) is 19.2 Å². The van der Waals surface area contributed by atoms with Gasteiger partial charge >= 0.3 is 0 Å². The largest absolute Gasteiger partial charge is 0.345 e. The zero-order valence-corrected chi connectivity index (χ0v) is 18.5. The summed E-state index contributed by atoms with van der Waals surface area (Å²) in [7, 11) is 0. The van der Waals surface area contributed by atoms with Gasteiger partial charge in [0.05, 0.1) is 29.1 Å². The van der Waals surface area contributed by atoms with E-state index in [2.05, 4.69) is 10.6 Å². The van der Waals surface area contributed by atoms with Gasteiger partial charge in [0, 0.05) is 13.0 Å². The molecule has 1 heterocycles. The summed E-state index contributed by atoms with van der Waals surface area (Å²) in [6, 6.07) is 16.2. The van der Waals surface area contributed by atoms with Crippen molar-refractivity contribution in [3.63, 3.8) is 0 Å². The lowest BCUT2D eigenvalue weighted by Crippen LogP contribution is -2.34. The average Bonchev–Trinajstić information content (AvgIpc) is 3.08. The molecule has 3 atom stereocenters. The van der Waals surface area contributed by atoms with Crippen molar-refractivity contribution in [2.75, 3.05) is 11.9 Å². The molecule has 2 aliphatic rings. The van der Waals surface area contributed by atoms with E-state index in [1.165, 1.54) is 4.90 Å². The number of rotatable bonds is 7. The molecule has 170 valence electrons. The lowest BCUT2D eigenvalue weighted by molar-refractivity contribution is -0.140. The summed E-state index contributed by atoms with van der Waals surface area (Å²) in [4.78, 5) is 51.8. The molecule has 1 fully saturated rings. The summed E-state index contributed by atoms with van der Waals surface area (Å²) < 4.78 is 0. The molecule has 7 nitrogen and oxygen atoms in total. The maximum Gasteiger partial charge on any atom is 0.253 e. The van der Waals surface area contributed by atoms with Gasteiger partial charge in [-0.3, -0.25) is 24.1 Å². The fourth-order valence-electron chi connectivity index (χ4n) is 4.40. The lowest BCUT2D eigenvalue weighted by Gasteiger charge is -2.17. The van der Waals surface area contributed by atoms with Crippen LogP contribution in [0.1, 0.15) is 48.1 Å². The molecule has 2 N–H and O–H groups in total. The van der Waals surface area contributed by atoms with Gasteiger partial charge < -0.3 is 10.6 Å². The molecule has 0 radical (unpaired) electrons. The average molecular weight is 446 g/mol. The molecule has 2 aromatic rings. The van der Waals surface area contributed by atoms with Crippen molar-refractivity contribution in [1.82, 2.24) is 10.2 Å². The van der Waals surface area contributed by atoms with Crippen LogP contribution in [0.2, 0.25) is 0 Å². The maximum atomic E-state index is 12.9. The quantitative estimate of drug-likeness (QED) is 0.504. The molecule has 33 heavy (non-hydrogen) atoms. The minimum atomic E-state index is -0.361. The SMILES string of the molecule is C[C@H](NC(=O)c1ccccc1NC(=O)CCN1C(=O)[C@@H]2CC=CC[C@H]2C1=O)c1ccccc1. The zero-order valence-electron chi connectivity index (χ0n) is 18.5. The number of imide groups is 1. The number of hydrogen-bond donors (Lipinski definition) is 2. The first-order chi connectivity index (χ1) is 16.0. The summed E-state index contributed by atoms with van der Waals surface area (Å²) in [6.45, 7) is 1.93. The Kier molecular flexibility index (Phi) is 6.68. The Balaban J connectivity index is 1.36. The van der Waals surface area contributed by atoms with Crippen molar-refractivity contribution in [3.8, 4) is 0 Å². The molecule has 0 spiro atoms. The number of anilines is 1. The van der Waals surface area contributed by atoms with Gasteiger partial charge in [0.25, 0.3) is 5.91 Å². The van der Waals surface area contributed by atoms with E-state index in [1.54, 1.807) is 24.3 Å². The molecule has 2 aromatic carbocycles. The van der Waals surface area contributed by atoms with Gasteiger partial charge in [0.15, 0.2) is 0 Å². The lowest BCUT2D eigenvalue weighted by atomic mass is 9.85. The van der Waals surface area contributed by atoms with E-state index in [-0.39, 0.29) is 54.5 Å². The highest BCUT2D eigenvalue weighted by atomic mass is 16.2.